The Labute approximate surface area is 129 Å². The largest absolute Gasteiger partial charge is 0.492 e. The first-order valence-corrected chi connectivity index (χ1v) is 7.52. The van der Waals surface area contributed by atoms with Crippen molar-refractivity contribution in [1.29, 1.82) is 0 Å². The van der Waals surface area contributed by atoms with Crippen molar-refractivity contribution in [3.8, 4) is 5.75 Å². The molecule has 120 valence electrons. The van der Waals surface area contributed by atoms with E-state index in [4.69, 9.17) is 9.47 Å². The topological polar surface area (TPSA) is 33.7 Å². The van der Waals surface area contributed by atoms with E-state index in [0.29, 0.717) is 12.6 Å². The zero-order chi connectivity index (χ0) is 15.9. The Kier molecular flexibility index (Phi) is 6.99. The van der Waals surface area contributed by atoms with Crippen LogP contribution in [0.4, 0.5) is 5.69 Å². The molecular formula is C17H30N2O2. The minimum atomic E-state index is -0.109. The number of methoxy groups -OCH3 is 1. The Morgan fingerprint density at radius 2 is 1.81 bits per heavy atom. The fraction of sp³-hybridized carbons (Fsp3) is 0.647. The summed E-state index contributed by atoms with van der Waals surface area (Å²) in [7, 11) is 5.84. The molecule has 4 heteroatoms. The van der Waals surface area contributed by atoms with Crippen LogP contribution in [0.15, 0.2) is 24.3 Å². The molecule has 0 radical (unpaired) electrons. The number of ether oxygens (including phenoxy) is 2. The number of benzene rings is 1. The highest BCUT2D eigenvalue weighted by atomic mass is 16.5. The normalized spacial score (nSPS) is 13.3. The highest BCUT2D eigenvalue weighted by Crippen LogP contribution is 2.20. The smallest absolute Gasteiger partial charge is 0.119 e. The minimum Gasteiger partial charge on any atom is -0.492 e. The minimum absolute atomic E-state index is 0.109. The van der Waals surface area contributed by atoms with Crippen molar-refractivity contribution >= 4 is 5.69 Å². The van der Waals surface area contributed by atoms with Gasteiger partial charge in [-0.15, -0.1) is 0 Å². The second-order valence-electron chi connectivity index (χ2n) is 6.39. The van der Waals surface area contributed by atoms with Crippen LogP contribution in [0.1, 0.15) is 27.2 Å². The number of anilines is 1. The van der Waals surface area contributed by atoms with Gasteiger partial charge in [-0.3, -0.25) is 0 Å². The van der Waals surface area contributed by atoms with E-state index < -0.39 is 0 Å². The summed E-state index contributed by atoms with van der Waals surface area (Å²) in [5, 5.41) is 3.49. The van der Waals surface area contributed by atoms with E-state index in [9.17, 15) is 0 Å². The van der Waals surface area contributed by atoms with Gasteiger partial charge >= 0.3 is 0 Å². The van der Waals surface area contributed by atoms with Gasteiger partial charge in [-0.25, -0.2) is 0 Å². The zero-order valence-corrected chi connectivity index (χ0v) is 14.3. The van der Waals surface area contributed by atoms with E-state index in [0.717, 1.165) is 24.4 Å². The van der Waals surface area contributed by atoms with Crippen LogP contribution in [-0.2, 0) is 4.74 Å². The van der Waals surface area contributed by atoms with Crippen molar-refractivity contribution in [2.75, 3.05) is 39.7 Å². The maximum atomic E-state index is 5.69. The van der Waals surface area contributed by atoms with Gasteiger partial charge in [-0.05, 0) is 65.6 Å². The van der Waals surface area contributed by atoms with Gasteiger partial charge in [0.25, 0.3) is 0 Å². The molecule has 1 atom stereocenters. The predicted octanol–water partition coefficient (Wildman–Crippen LogP) is 3.24. The lowest BCUT2D eigenvalue weighted by atomic mass is 10.00. The Bertz CT molecular complexity index is 402. The van der Waals surface area contributed by atoms with Crippen LogP contribution < -0.4 is 10.1 Å². The van der Waals surface area contributed by atoms with E-state index in [1.807, 2.05) is 26.2 Å². The Balaban J connectivity index is 2.43. The molecular weight excluding hydrogens is 264 g/mol. The summed E-state index contributed by atoms with van der Waals surface area (Å²) < 4.78 is 11.2. The van der Waals surface area contributed by atoms with Gasteiger partial charge in [0.1, 0.15) is 12.4 Å². The fourth-order valence-corrected chi connectivity index (χ4v) is 2.15. The van der Waals surface area contributed by atoms with E-state index in [1.54, 1.807) is 7.11 Å². The Morgan fingerprint density at radius 1 is 1.19 bits per heavy atom. The second kappa shape index (κ2) is 8.25. The number of likely N-dealkylation sites (N-methyl/N-ethyl adjacent to an activating group) is 1. The van der Waals surface area contributed by atoms with Gasteiger partial charge in [-0.1, -0.05) is 0 Å². The highest BCUT2D eigenvalue weighted by Gasteiger charge is 2.19. The molecule has 0 aliphatic heterocycles. The van der Waals surface area contributed by atoms with Crippen LogP contribution in [0, 0.1) is 0 Å². The van der Waals surface area contributed by atoms with Crippen LogP contribution in [0.2, 0.25) is 0 Å². The van der Waals surface area contributed by atoms with E-state index in [2.05, 4.69) is 43.1 Å². The van der Waals surface area contributed by atoms with E-state index >= 15 is 0 Å². The van der Waals surface area contributed by atoms with Gasteiger partial charge in [0.05, 0.1) is 5.60 Å². The summed E-state index contributed by atoms with van der Waals surface area (Å²) in [6.45, 7) is 8.00. The monoisotopic (exact) mass is 294 g/mol. The van der Waals surface area contributed by atoms with Crippen LogP contribution >= 0.6 is 0 Å². The van der Waals surface area contributed by atoms with Gasteiger partial charge in [0.15, 0.2) is 0 Å². The average molecular weight is 294 g/mol. The molecule has 4 nitrogen and oxygen atoms in total. The molecule has 0 saturated carbocycles. The predicted molar refractivity (Wildman–Crippen MR) is 89.3 cm³/mol. The van der Waals surface area contributed by atoms with E-state index in [1.165, 1.54) is 0 Å². The van der Waals surface area contributed by atoms with E-state index in [-0.39, 0.29) is 5.60 Å². The summed E-state index contributed by atoms with van der Waals surface area (Å²) in [4.78, 5) is 2.11. The first-order chi connectivity index (χ1) is 9.82. The van der Waals surface area contributed by atoms with Gasteiger partial charge < -0.3 is 19.7 Å². The molecule has 0 bridgehead atoms. The van der Waals surface area contributed by atoms with Crippen molar-refractivity contribution in [1.82, 2.24) is 4.90 Å². The maximum Gasteiger partial charge on any atom is 0.119 e. The zero-order valence-electron chi connectivity index (χ0n) is 14.3. The van der Waals surface area contributed by atoms with Crippen molar-refractivity contribution < 1.29 is 9.47 Å². The molecule has 0 aliphatic rings. The van der Waals surface area contributed by atoms with Crippen LogP contribution in [0.25, 0.3) is 0 Å². The number of hydrogen-bond acceptors (Lipinski definition) is 4. The van der Waals surface area contributed by atoms with Crippen molar-refractivity contribution in [2.45, 2.75) is 38.8 Å². The average Bonchev–Trinajstić information content (AvgIpc) is 2.39. The lowest BCUT2D eigenvalue weighted by Crippen LogP contribution is -2.31. The first-order valence-electron chi connectivity index (χ1n) is 7.52. The summed E-state index contributed by atoms with van der Waals surface area (Å²) in [6, 6.07) is 8.47. The summed E-state index contributed by atoms with van der Waals surface area (Å²) in [5.74, 6) is 0.910. The second-order valence-corrected chi connectivity index (χ2v) is 6.39. The number of nitrogens with zero attached hydrogens (tertiary/aromatic N) is 1. The van der Waals surface area contributed by atoms with Crippen LogP contribution in [0.3, 0.4) is 0 Å². The third-order valence-corrected chi connectivity index (χ3v) is 3.42. The van der Waals surface area contributed by atoms with Crippen molar-refractivity contribution in [3.63, 3.8) is 0 Å². The summed E-state index contributed by atoms with van der Waals surface area (Å²) in [6.07, 6.45) is 0.949. The third kappa shape index (κ3) is 7.34. The number of hydrogen-bond donors (Lipinski definition) is 1. The molecule has 1 aromatic carbocycles. The lowest BCUT2D eigenvalue weighted by molar-refractivity contribution is 0.0128. The molecule has 0 spiro atoms. The molecule has 0 saturated heterocycles. The molecule has 1 unspecified atom stereocenters. The maximum absolute atomic E-state index is 5.69. The SMILES string of the molecule is COC(C)(C)CC(C)Nc1ccc(OCCN(C)C)cc1. The number of rotatable bonds is 9. The third-order valence-electron chi connectivity index (χ3n) is 3.42. The summed E-state index contributed by atoms with van der Waals surface area (Å²) in [5.41, 5.74) is 0.996. The Morgan fingerprint density at radius 3 is 2.33 bits per heavy atom. The molecule has 1 N–H and O–H groups in total. The van der Waals surface area contributed by atoms with Gasteiger partial charge in [0, 0.05) is 25.4 Å². The fourth-order valence-electron chi connectivity index (χ4n) is 2.15. The van der Waals surface area contributed by atoms with Crippen LogP contribution in [-0.4, -0.2) is 50.9 Å². The van der Waals surface area contributed by atoms with Crippen molar-refractivity contribution in [2.24, 2.45) is 0 Å². The lowest BCUT2D eigenvalue weighted by Gasteiger charge is -2.27. The number of nitrogens with one attached hydrogen (secondary N) is 1. The standard InChI is InChI=1S/C17H30N2O2/c1-14(13-17(2,3)20-6)18-15-7-9-16(10-8-15)21-12-11-19(4)5/h7-10,14,18H,11-13H2,1-6H3. The molecule has 1 rings (SSSR count). The van der Waals surface area contributed by atoms with Crippen LogP contribution in [0.5, 0.6) is 5.75 Å². The molecule has 0 aliphatic carbocycles. The molecule has 1 aromatic rings. The first kappa shape index (κ1) is 17.8. The Hall–Kier alpha value is -1.26. The molecule has 0 amide bonds. The molecule has 0 heterocycles. The van der Waals surface area contributed by atoms with Crippen molar-refractivity contribution in [3.05, 3.63) is 24.3 Å². The van der Waals surface area contributed by atoms with Gasteiger partial charge in [0.2, 0.25) is 0 Å². The molecule has 21 heavy (non-hydrogen) atoms. The quantitative estimate of drug-likeness (QED) is 0.758. The molecule has 0 fully saturated rings. The highest BCUT2D eigenvalue weighted by molar-refractivity contribution is 5.47. The summed E-state index contributed by atoms with van der Waals surface area (Å²) >= 11 is 0. The van der Waals surface area contributed by atoms with Gasteiger partial charge in [-0.2, -0.15) is 0 Å². The molecule has 0 aromatic heterocycles.